The predicted octanol–water partition coefficient (Wildman–Crippen LogP) is 0.620. The lowest BCUT2D eigenvalue weighted by molar-refractivity contribution is -0.140. The summed E-state index contributed by atoms with van der Waals surface area (Å²) in [6.07, 6.45) is 2.74. The molecule has 0 bridgehead atoms. The van der Waals surface area contributed by atoms with Crippen molar-refractivity contribution >= 4 is 18.4 Å². The fourth-order valence-corrected chi connectivity index (χ4v) is 2.13. The first kappa shape index (κ1) is 8.81. The lowest BCUT2D eigenvalue weighted by Gasteiger charge is -2.33. The number of hydrogen-bond acceptors (Lipinski definition) is 2. The van der Waals surface area contributed by atoms with E-state index in [1.807, 2.05) is 0 Å². The van der Waals surface area contributed by atoms with Crippen molar-refractivity contribution in [3.63, 3.8) is 0 Å². The minimum Gasteiger partial charge on any atom is -0.481 e. The molecule has 1 atom stereocenters. The van der Waals surface area contributed by atoms with Crippen LogP contribution in [-0.4, -0.2) is 17.1 Å². The van der Waals surface area contributed by atoms with Crippen LogP contribution in [0.4, 0.5) is 0 Å². The van der Waals surface area contributed by atoms with Crippen molar-refractivity contribution < 1.29 is 9.90 Å². The molecule has 11 heavy (non-hydrogen) atoms. The Morgan fingerprint density at radius 3 is 2.27 bits per heavy atom. The fourth-order valence-electron chi connectivity index (χ4n) is 2.13. The van der Waals surface area contributed by atoms with Gasteiger partial charge in [-0.25, -0.2) is 0 Å². The minimum atomic E-state index is -0.632. The monoisotopic (exact) mass is 177 g/mol. The van der Waals surface area contributed by atoms with E-state index < -0.39 is 5.97 Å². The molecule has 3 nitrogen and oxygen atoms in total. The van der Waals surface area contributed by atoms with E-state index >= 15 is 0 Å². The van der Waals surface area contributed by atoms with Gasteiger partial charge in [-0.1, -0.05) is 0 Å². The number of nitrogens with two attached hydrogens (primary N) is 1. The van der Waals surface area contributed by atoms with Crippen molar-refractivity contribution in [3.05, 3.63) is 0 Å². The molecule has 0 heterocycles. The first-order chi connectivity index (χ1) is 4.64. The average Bonchev–Trinajstić information content (AvgIpc) is 2.40. The van der Waals surface area contributed by atoms with Gasteiger partial charge in [-0.2, -0.15) is 0 Å². The van der Waals surface area contributed by atoms with Crippen LogP contribution < -0.4 is 5.73 Å². The molecule has 1 unspecified atom stereocenters. The van der Waals surface area contributed by atoms with E-state index in [9.17, 15) is 4.79 Å². The number of rotatable bonds is 1. The van der Waals surface area contributed by atoms with E-state index in [-0.39, 0.29) is 29.8 Å². The molecule has 0 aromatic rings. The smallest absolute Gasteiger partial charge is 0.307 e. The normalized spacial score (nSPS) is 45.9. The number of hydrogen-bond donors (Lipinski definition) is 2. The van der Waals surface area contributed by atoms with Crippen LogP contribution in [-0.2, 0) is 4.79 Å². The molecule has 2 aliphatic carbocycles. The molecule has 4 heteroatoms. The van der Waals surface area contributed by atoms with Gasteiger partial charge < -0.3 is 10.8 Å². The van der Waals surface area contributed by atoms with Crippen molar-refractivity contribution in [1.29, 1.82) is 0 Å². The summed E-state index contributed by atoms with van der Waals surface area (Å²) >= 11 is 0. The third kappa shape index (κ3) is 1.12. The van der Waals surface area contributed by atoms with Crippen molar-refractivity contribution in [2.75, 3.05) is 0 Å². The van der Waals surface area contributed by atoms with Crippen LogP contribution in [0.15, 0.2) is 0 Å². The second-order valence-corrected chi connectivity index (χ2v) is 3.63. The molecule has 0 aromatic carbocycles. The van der Waals surface area contributed by atoms with Crippen molar-refractivity contribution in [2.24, 2.45) is 17.1 Å². The molecule has 0 aliphatic heterocycles. The highest BCUT2D eigenvalue weighted by Gasteiger charge is 2.63. The summed E-state index contributed by atoms with van der Waals surface area (Å²) in [5, 5.41) is 8.60. The Hall–Kier alpha value is -0.280. The third-order valence-corrected chi connectivity index (χ3v) is 2.83. The SMILES string of the molecule is Cl.NC1CC2(C1)CC2C(=O)O. The van der Waals surface area contributed by atoms with E-state index in [1.165, 1.54) is 0 Å². The van der Waals surface area contributed by atoms with Gasteiger partial charge in [0.1, 0.15) is 0 Å². The predicted molar refractivity (Wildman–Crippen MR) is 42.6 cm³/mol. The lowest BCUT2D eigenvalue weighted by atomic mass is 9.76. The lowest BCUT2D eigenvalue weighted by Crippen LogP contribution is -2.39. The summed E-state index contributed by atoms with van der Waals surface area (Å²) in [6.45, 7) is 0. The topological polar surface area (TPSA) is 63.3 Å². The van der Waals surface area contributed by atoms with E-state index in [0.29, 0.717) is 0 Å². The molecular weight excluding hydrogens is 166 g/mol. The zero-order valence-electron chi connectivity index (χ0n) is 6.12. The first-order valence-corrected chi connectivity index (χ1v) is 3.62. The molecule has 2 fully saturated rings. The maximum absolute atomic E-state index is 10.4. The molecule has 64 valence electrons. The van der Waals surface area contributed by atoms with Gasteiger partial charge in [0.05, 0.1) is 5.92 Å². The Bertz CT molecular complexity index is 189. The highest BCUT2D eigenvalue weighted by atomic mass is 35.5. The molecule has 0 amide bonds. The van der Waals surface area contributed by atoms with Gasteiger partial charge in [-0.15, -0.1) is 12.4 Å². The highest BCUT2D eigenvalue weighted by molar-refractivity contribution is 5.85. The second kappa shape index (κ2) is 2.35. The summed E-state index contributed by atoms with van der Waals surface area (Å²) in [4.78, 5) is 10.4. The maximum atomic E-state index is 10.4. The third-order valence-electron chi connectivity index (χ3n) is 2.83. The standard InChI is InChI=1S/C7H11NO2.ClH/c8-4-1-7(2-4)3-5(7)6(9)10;/h4-5H,1-3,8H2,(H,9,10);1H. The second-order valence-electron chi connectivity index (χ2n) is 3.63. The zero-order valence-corrected chi connectivity index (χ0v) is 6.93. The van der Waals surface area contributed by atoms with Crippen molar-refractivity contribution in [3.8, 4) is 0 Å². The Kier molecular flexibility index (Phi) is 1.89. The minimum absolute atomic E-state index is 0. The van der Waals surface area contributed by atoms with Crippen LogP contribution >= 0.6 is 12.4 Å². The van der Waals surface area contributed by atoms with Gasteiger partial charge in [0, 0.05) is 6.04 Å². The molecule has 3 N–H and O–H groups in total. The molecule has 1 spiro atoms. The summed E-state index contributed by atoms with van der Waals surface area (Å²) in [5.74, 6) is -0.695. The largest absolute Gasteiger partial charge is 0.481 e. The first-order valence-electron chi connectivity index (χ1n) is 3.62. The van der Waals surface area contributed by atoms with Crippen LogP contribution in [0, 0.1) is 11.3 Å². The number of halogens is 1. The van der Waals surface area contributed by atoms with Gasteiger partial charge >= 0.3 is 5.97 Å². The number of aliphatic carboxylic acids is 1. The van der Waals surface area contributed by atoms with E-state index in [2.05, 4.69) is 0 Å². The maximum Gasteiger partial charge on any atom is 0.307 e. The van der Waals surface area contributed by atoms with E-state index in [0.717, 1.165) is 19.3 Å². The van der Waals surface area contributed by atoms with Crippen molar-refractivity contribution in [2.45, 2.75) is 25.3 Å². The van der Waals surface area contributed by atoms with Crippen LogP contribution in [0.3, 0.4) is 0 Å². The Labute approximate surface area is 71.4 Å². The van der Waals surface area contributed by atoms with Gasteiger partial charge in [-0.3, -0.25) is 4.79 Å². The highest BCUT2D eigenvalue weighted by Crippen LogP contribution is 2.64. The molecular formula is C7H12ClNO2. The van der Waals surface area contributed by atoms with Crippen molar-refractivity contribution in [1.82, 2.24) is 0 Å². The summed E-state index contributed by atoms with van der Waals surface area (Å²) in [7, 11) is 0. The van der Waals surface area contributed by atoms with Crippen LogP contribution in [0.5, 0.6) is 0 Å². The van der Waals surface area contributed by atoms with Gasteiger partial charge in [0.2, 0.25) is 0 Å². The quantitative estimate of drug-likeness (QED) is 0.617. The molecule has 0 saturated heterocycles. The van der Waals surface area contributed by atoms with Crippen LogP contribution in [0.25, 0.3) is 0 Å². The van der Waals surface area contributed by atoms with Crippen LogP contribution in [0.1, 0.15) is 19.3 Å². The number of carboxylic acids is 1. The molecule has 0 aromatic heterocycles. The summed E-state index contributed by atoms with van der Waals surface area (Å²) < 4.78 is 0. The average molecular weight is 178 g/mol. The van der Waals surface area contributed by atoms with Gasteiger partial charge in [0.25, 0.3) is 0 Å². The number of carbonyl (C=O) groups is 1. The zero-order chi connectivity index (χ0) is 7.35. The van der Waals surface area contributed by atoms with E-state index in [1.54, 1.807) is 0 Å². The summed E-state index contributed by atoms with van der Waals surface area (Å²) in [5.41, 5.74) is 5.72. The Morgan fingerprint density at radius 2 is 2.00 bits per heavy atom. The Balaban J connectivity index is 0.000000605. The molecule has 2 saturated carbocycles. The molecule has 2 aliphatic rings. The van der Waals surface area contributed by atoms with Gasteiger partial charge in [0.15, 0.2) is 0 Å². The Morgan fingerprint density at radius 1 is 1.45 bits per heavy atom. The summed E-state index contributed by atoms with van der Waals surface area (Å²) in [6, 6.07) is 0.282. The molecule has 2 rings (SSSR count). The fraction of sp³-hybridized carbons (Fsp3) is 0.857. The number of carboxylic acid groups (broad SMARTS) is 1. The van der Waals surface area contributed by atoms with Gasteiger partial charge in [-0.05, 0) is 24.7 Å². The molecule has 0 radical (unpaired) electrons. The van der Waals surface area contributed by atoms with Crippen LogP contribution in [0.2, 0.25) is 0 Å². The van der Waals surface area contributed by atoms with E-state index in [4.69, 9.17) is 10.8 Å².